The summed E-state index contributed by atoms with van der Waals surface area (Å²) >= 11 is 0. The monoisotopic (exact) mass is 226 g/mol. The third kappa shape index (κ3) is 2.66. The van der Waals surface area contributed by atoms with Gasteiger partial charge in [-0.25, -0.2) is 4.39 Å². The summed E-state index contributed by atoms with van der Waals surface area (Å²) in [6.45, 7) is 3.48. The third-order valence-electron chi connectivity index (χ3n) is 2.11. The lowest BCUT2D eigenvalue weighted by molar-refractivity contribution is 0.0982. The Labute approximate surface area is 92.5 Å². The number of ketones is 1. The molecule has 0 saturated carbocycles. The molecule has 86 valence electrons. The van der Waals surface area contributed by atoms with Crippen molar-refractivity contribution in [1.29, 1.82) is 0 Å². The van der Waals surface area contributed by atoms with Gasteiger partial charge in [-0.2, -0.15) is 4.39 Å². The number of methoxy groups -OCH3 is 1. The van der Waals surface area contributed by atoms with E-state index in [0.29, 0.717) is 6.42 Å². The molecule has 0 aliphatic rings. The summed E-state index contributed by atoms with van der Waals surface area (Å²) in [4.78, 5) is 11.5. The highest BCUT2D eigenvalue weighted by Gasteiger charge is 2.14. The Morgan fingerprint density at radius 2 is 2.19 bits per heavy atom. The second-order valence-electron chi connectivity index (χ2n) is 3.22. The van der Waals surface area contributed by atoms with Crippen LogP contribution in [0.15, 0.2) is 24.8 Å². The SMILES string of the molecule is C=CCCC(=O)c1cc(F)c(F)c(OC)c1. The van der Waals surface area contributed by atoms with Gasteiger partial charge in [0.1, 0.15) is 0 Å². The molecule has 0 fully saturated rings. The van der Waals surface area contributed by atoms with E-state index in [2.05, 4.69) is 11.3 Å². The molecule has 0 radical (unpaired) electrons. The minimum atomic E-state index is -1.08. The lowest BCUT2D eigenvalue weighted by atomic mass is 10.1. The molecule has 0 bridgehead atoms. The molecule has 1 rings (SSSR count). The predicted molar refractivity (Wildman–Crippen MR) is 56.7 cm³/mol. The summed E-state index contributed by atoms with van der Waals surface area (Å²) in [6, 6.07) is 2.08. The molecule has 0 unspecified atom stereocenters. The molecule has 0 heterocycles. The summed E-state index contributed by atoms with van der Waals surface area (Å²) in [6.07, 6.45) is 2.31. The van der Waals surface area contributed by atoms with Crippen LogP contribution in [0.1, 0.15) is 23.2 Å². The summed E-state index contributed by atoms with van der Waals surface area (Å²) < 4.78 is 30.8. The molecule has 0 N–H and O–H groups in total. The Hall–Kier alpha value is -1.71. The normalized spacial score (nSPS) is 9.94. The lowest BCUT2D eigenvalue weighted by Crippen LogP contribution is -2.02. The number of benzene rings is 1. The van der Waals surface area contributed by atoms with Crippen molar-refractivity contribution in [1.82, 2.24) is 0 Å². The van der Waals surface area contributed by atoms with E-state index < -0.39 is 11.6 Å². The number of carbonyl (C=O) groups is 1. The molecule has 0 saturated heterocycles. The Morgan fingerprint density at radius 1 is 1.50 bits per heavy atom. The highest BCUT2D eigenvalue weighted by atomic mass is 19.2. The van der Waals surface area contributed by atoms with E-state index in [4.69, 9.17) is 0 Å². The van der Waals surface area contributed by atoms with E-state index in [1.54, 1.807) is 6.08 Å². The number of allylic oxidation sites excluding steroid dienone is 1. The number of rotatable bonds is 5. The summed E-state index contributed by atoms with van der Waals surface area (Å²) in [5.41, 5.74) is 0.109. The van der Waals surface area contributed by atoms with E-state index >= 15 is 0 Å². The standard InChI is InChI=1S/C12H12F2O2/c1-3-4-5-10(15)8-6-9(13)12(14)11(7-8)16-2/h3,6-7H,1,4-5H2,2H3. The molecule has 1 aromatic carbocycles. The molecule has 0 atom stereocenters. The Morgan fingerprint density at radius 3 is 2.75 bits per heavy atom. The summed E-state index contributed by atoms with van der Waals surface area (Å²) in [7, 11) is 1.22. The molecule has 0 aliphatic carbocycles. The van der Waals surface area contributed by atoms with Crippen LogP contribution in [0.3, 0.4) is 0 Å². The van der Waals surface area contributed by atoms with Gasteiger partial charge in [-0.1, -0.05) is 6.08 Å². The first kappa shape index (κ1) is 12.4. The second kappa shape index (κ2) is 5.39. The number of hydrogen-bond acceptors (Lipinski definition) is 2. The van der Waals surface area contributed by atoms with Gasteiger partial charge in [0, 0.05) is 12.0 Å². The van der Waals surface area contributed by atoms with Gasteiger partial charge in [0.15, 0.2) is 17.3 Å². The van der Waals surface area contributed by atoms with Crippen LogP contribution in [0, 0.1) is 11.6 Å². The number of halogens is 2. The van der Waals surface area contributed by atoms with E-state index in [-0.39, 0.29) is 23.5 Å². The first-order valence-corrected chi connectivity index (χ1v) is 4.77. The molecule has 0 amide bonds. The van der Waals surface area contributed by atoms with Gasteiger partial charge in [0.2, 0.25) is 5.82 Å². The van der Waals surface area contributed by atoms with Gasteiger partial charge < -0.3 is 4.74 Å². The molecular formula is C12H12F2O2. The van der Waals surface area contributed by atoms with Gasteiger partial charge in [-0.3, -0.25) is 4.79 Å². The van der Waals surface area contributed by atoms with Crippen LogP contribution in [-0.4, -0.2) is 12.9 Å². The smallest absolute Gasteiger partial charge is 0.200 e. The fourth-order valence-corrected chi connectivity index (χ4v) is 1.25. The van der Waals surface area contributed by atoms with E-state index in [0.717, 1.165) is 6.07 Å². The maximum absolute atomic E-state index is 13.1. The molecule has 0 spiro atoms. The zero-order valence-corrected chi connectivity index (χ0v) is 8.93. The van der Waals surface area contributed by atoms with E-state index in [1.165, 1.54) is 13.2 Å². The zero-order valence-electron chi connectivity index (χ0n) is 8.93. The van der Waals surface area contributed by atoms with Crippen molar-refractivity contribution in [2.45, 2.75) is 12.8 Å². The average Bonchev–Trinajstić information content (AvgIpc) is 2.29. The number of Topliss-reactive ketones (excluding diaryl/α,β-unsaturated/α-hetero) is 1. The van der Waals surface area contributed by atoms with Crippen LogP contribution < -0.4 is 4.74 Å². The van der Waals surface area contributed by atoms with E-state index in [9.17, 15) is 13.6 Å². The maximum atomic E-state index is 13.1. The minimum absolute atomic E-state index is 0.109. The Balaban J connectivity index is 3.01. The fourth-order valence-electron chi connectivity index (χ4n) is 1.25. The van der Waals surface area contributed by atoms with E-state index in [1.807, 2.05) is 0 Å². The number of hydrogen-bond donors (Lipinski definition) is 0. The van der Waals surface area contributed by atoms with Crippen molar-refractivity contribution in [3.63, 3.8) is 0 Å². The van der Waals surface area contributed by atoms with Gasteiger partial charge in [0.05, 0.1) is 7.11 Å². The molecule has 0 aromatic heterocycles. The molecular weight excluding hydrogens is 214 g/mol. The Kier molecular flexibility index (Phi) is 4.17. The number of carbonyl (C=O) groups excluding carboxylic acids is 1. The molecule has 16 heavy (non-hydrogen) atoms. The number of ether oxygens (including phenoxy) is 1. The molecule has 0 aliphatic heterocycles. The van der Waals surface area contributed by atoms with Gasteiger partial charge in [-0.15, -0.1) is 6.58 Å². The van der Waals surface area contributed by atoms with Crippen LogP contribution in [0.4, 0.5) is 8.78 Å². The van der Waals surface area contributed by atoms with Gasteiger partial charge in [-0.05, 0) is 18.6 Å². The van der Waals surface area contributed by atoms with Crippen LogP contribution in [-0.2, 0) is 0 Å². The van der Waals surface area contributed by atoms with Gasteiger partial charge in [0.25, 0.3) is 0 Å². The molecule has 1 aromatic rings. The first-order chi connectivity index (χ1) is 7.60. The highest BCUT2D eigenvalue weighted by molar-refractivity contribution is 5.96. The van der Waals surface area contributed by atoms with Crippen LogP contribution >= 0.6 is 0 Å². The third-order valence-corrected chi connectivity index (χ3v) is 2.11. The molecule has 2 nitrogen and oxygen atoms in total. The summed E-state index contributed by atoms with van der Waals surface area (Å²) in [5, 5.41) is 0. The lowest BCUT2D eigenvalue weighted by Gasteiger charge is -2.05. The zero-order chi connectivity index (χ0) is 12.1. The van der Waals surface area contributed by atoms with Crippen LogP contribution in [0.2, 0.25) is 0 Å². The first-order valence-electron chi connectivity index (χ1n) is 4.77. The predicted octanol–water partition coefficient (Wildman–Crippen LogP) is 3.12. The van der Waals surface area contributed by atoms with Gasteiger partial charge >= 0.3 is 0 Å². The maximum Gasteiger partial charge on any atom is 0.200 e. The van der Waals surface area contributed by atoms with Crippen molar-refractivity contribution in [3.05, 3.63) is 42.0 Å². The highest BCUT2D eigenvalue weighted by Crippen LogP contribution is 2.22. The van der Waals surface area contributed by atoms with Crippen LogP contribution in [0.5, 0.6) is 5.75 Å². The van der Waals surface area contributed by atoms with Crippen molar-refractivity contribution in [2.75, 3.05) is 7.11 Å². The quantitative estimate of drug-likeness (QED) is 0.569. The fraction of sp³-hybridized carbons (Fsp3) is 0.250. The summed E-state index contributed by atoms with van der Waals surface area (Å²) in [5.74, 6) is -2.69. The van der Waals surface area contributed by atoms with Crippen LogP contribution in [0.25, 0.3) is 0 Å². The minimum Gasteiger partial charge on any atom is -0.494 e. The largest absolute Gasteiger partial charge is 0.494 e. The van der Waals surface area contributed by atoms with Crippen molar-refractivity contribution in [2.24, 2.45) is 0 Å². The topological polar surface area (TPSA) is 26.3 Å². The Bertz CT molecular complexity index is 414. The second-order valence-corrected chi connectivity index (χ2v) is 3.22. The average molecular weight is 226 g/mol. The molecule has 4 heteroatoms. The van der Waals surface area contributed by atoms with Crippen molar-refractivity contribution >= 4 is 5.78 Å². The van der Waals surface area contributed by atoms with Crippen molar-refractivity contribution in [3.8, 4) is 5.75 Å². The van der Waals surface area contributed by atoms with Crippen molar-refractivity contribution < 1.29 is 18.3 Å².